The van der Waals surface area contributed by atoms with E-state index in [4.69, 9.17) is 4.42 Å². The number of halogens is 1. The van der Waals surface area contributed by atoms with Gasteiger partial charge in [0, 0.05) is 38.3 Å². The molecule has 28 heavy (non-hydrogen) atoms. The summed E-state index contributed by atoms with van der Waals surface area (Å²) < 4.78 is 21.1. The van der Waals surface area contributed by atoms with Crippen molar-refractivity contribution in [2.45, 2.75) is 20.3 Å². The maximum absolute atomic E-state index is 14.1. The Morgan fingerprint density at radius 2 is 1.93 bits per heavy atom. The number of piperazine rings is 1. The third kappa shape index (κ3) is 3.35. The molecule has 1 aromatic carbocycles. The zero-order valence-electron chi connectivity index (χ0n) is 15.8. The average molecular weight is 384 g/mol. The summed E-state index contributed by atoms with van der Waals surface area (Å²) in [5.41, 5.74) is 1.33. The van der Waals surface area contributed by atoms with Crippen molar-refractivity contribution in [3.8, 4) is 5.69 Å². The van der Waals surface area contributed by atoms with E-state index in [0.717, 1.165) is 0 Å². The first-order valence-electron chi connectivity index (χ1n) is 9.25. The standard InChI is InChI=1S/C19H21FN6O2/c1-3-17-21-22-19(28-17)25-10-8-24(9-11-25)18(27)15-12-13(2)26(23-15)16-7-5-4-6-14(16)20/h4-7,12H,3,8-11H2,1-2H3. The fourth-order valence-electron chi connectivity index (χ4n) is 3.22. The predicted molar refractivity (Wildman–Crippen MR) is 100 cm³/mol. The Balaban J connectivity index is 1.46. The molecule has 0 spiro atoms. The summed E-state index contributed by atoms with van der Waals surface area (Å²) in [6, 6.07) is 8.55. The fraction of sp³-hybridized carbons (Fsp3) is 0.368. The Bertz CT molecular complexity index is 990. The van der Waals surface area contributed by atoms with Crippen molar-refractivity contribution >= 4 is 11.9 Å². The quantitative estimate of drug-likeness (QED) is 0.686. The zero-order chi connectivity index (χ0) is 19.7. The number of aryl methyl sites for hydroxylation is 2. The largest absolute Gasteiger partial charge is 0.408 e. The zero-order valence-corrected chi connectivity index (χ0v) is 15.8. The SMILES string of the molecule is CCc1nnc(N2CCN(C(=O)c3cc(C)n(-c4ccccc4F)n3)CC2)o1. The third-order valence-electron chi connectivity index (χ3n) is 4.78. The van der Waals surface area contributed by atoms with Gasteiger partial charge < -0.3 is 14.2 Å². The number of rotatable bonds is 4. The van der Waals surface area contributed by atoms with E-state index in [-0.39, 0.29) is 11.7 Å². The maximum Gasteiger partial charge on any atom is 0.318 e. The van der Waals surface area contributed by atoms with Crippen LogP contribution in [0.2, 0.25) is 0 Å². The second kappa shape index (κ2) is 7.41. The van der Waals surface area contributed by atoms with Crippen molar-refractivity contribution in [3.63, 3.8) is 0 Å². The number of para-hydroxylation sites is 1. The number of hydrogen-bond donors (Lipinski definition) is 0. The molecule has 0 bridgehead atoms. The normalized spacial score (nSPS) is 14.5. The van der Waals surface area contributed by atoms with E-state index in [2.05, 4.69) is 15.3 Å². The van der Waals surface area contributed by atoms with Crippen LogP contribution in [0.4, 0.5) is 10.4 Å². The van der Waals surface area contributed by atoms with Crippen molar-refractivity contribution in [1.29, 1.82) is 0 Å². The van der Waals surface area contributed by atoms with Crippen LogP contribution in [0.1, 0.15) is 29.0 Å². The van der Waals surface area contributed by atoms with Gasteiger partial charge in [0.2, 0.25) is 5.89 Å². The van der Waals surface area contributed by atoms with E-state index in [1.807, 2.05) is 11.8 Å². The molecule has 1 saturated heterocycles. The molecule has 1 aliphatic heterocycles. The summed E-state index contributed by atoms with van der Waals surface area (Å²) in [7, 11) is 0. The molecule has 0 N–H and O–H groups in total. The Morgan fingerprint density at radius 3 is 2.61 bits per heavy atom. The van der Waals surface area contributed by atoms with Crippen LogP contribution in [0.5, 0.6) is 0 Å². The van der Waals surface area contributed by atoms with Crippen molar-refractivity contribution in [1.82, 2.24) is 24.9 Å². The molecule has 4 rings (SSSR count). The third-order valence-corrected chi connectivity index (χ3v) is 4.78. The van der Waals surface area contributed by atoms with Crippen LogP contribution < -0.4 is 4.90 Å². The summed E-state index contributed by atoms with van der Waals surface area (Å²) in [6.07, 6.45) is 0.690. The second-order valence-corrected chi connectivity index (χ2v) is 6.65. The molecule has 0 saturated carbocycles. The van der Waals surface area contributed by atoms with Gasteiger partial charge in [-0.2, -0.15) is 5.10 Å². The summed E-state index contributed by atoms with van der Waals surface area (Å²) in [5, 5.41) is 12.4. The highest BCUT2D eigenvalue weighted by molar-refractivity contribution is 5.92. The highest BCUT2D eigenvalue weighted by Gasteiger charge is 2.26. The van der Waals surface area contributed by atoms with E-state index < -0.39 is 0 Å². The smallest absolute Gasteiger partial charge is 0.318 e. The molecule has 1 aliphatic rings. The number of hydrogen-bond acceptors (Lipinski definition) is 6. The number of carbonyl (C=O) groups is 1. The highest BCUT2D eigenvalue weighted by atomic mass is 19.1. The first kappa shape index (κ1) is 18.1. The lowest BCUT2D eigenvalue weighted by atomic mass is 10.2. The summed E-state index contributed by atoms with van der Waals surface area (Å²) in [4.78, 5) is 16.6. The molecular weight excluding hydrogens is 363 g/mol. The number of anilines is 1. The number of nitrogens with zero attached hydrogens (tertiary/aromatic N) is 6. The Morgan fingerprint density at radius 1 is 1.18 bits per heavy atom. The molecule has 9 heteroatoms. The van der Waals surface area contributed by atoms with Crippen molar-refractivity contribution < 1.29 is 13.6 Å². The van der Waals surface area contributed by atoms with E-state index in [1.165, 1.54) is 10.7 Å². The Labute approximate surface area is 161 Å². The summed E-state index contributed by atoms with van der Waals surface area (Å²) >= 11 is 0. The van der Waals surface area contributed by atoms with E-state index >= 15 is 0 Å². The summed E-state index contributed by atoms with van der Waals surface area (Å²) in [5.74, 6) is 0.0487. The topological polar surface area (TPSA) is 80.3 Å². The van der Waals surface area contributed by atoms with Crippen molar-refractivity contribution in [2.75, 3.05) is 31.1 Å². The van der Waals surface area contributed by atoms with Crippen LogP contribution in [0.3, 0.4) is 0 Å². The van der Waals surface area contributed by atoms with Gasteiger partial charge in [-0.3, -0.25) is 4.79 Å². The van der Waals surface area contributed by atoms with E-state index in [1.54, 1.807) is 36.1 Å². The number of amides is 1. The molecule has 146 valence electrons. The minimum Gasteiger partial charge on any atom is -0.408 e. The van der Waals surface area contributed by atoms with Crippen LogP contribution in [0.25, 0.3) is 5.69 Å². The van der Waals surface area contributed by atoms with Gasteiger partial charge >= 0.3 is 6.01 Å². The molecule has 3 heterocycles. The van der Waals surface area contributed by atoms with Crippen LogP contribution in [-0.4, -0.2) is 57.0 Å². The Hall–Kier alpha value is -3.23. The lowest BCUT2D eigenvalue weighted by Crippen LogP contribution is -2.49. The molecule has 0 radical (unpaired) electrons. The van der Waals surface area contributed by atoms with Crippen LogP contribution in [-0.2, 0) is 6.42 Å². The highest BCUT2D eigenvalue weighted by Crippen LogP contribution is 2.19. The molecule has 3 aromatic rings. The molecular formula is C19H21FN6O2. The monoisotopic (exact) mass is 384 g/mol. The molecule has 0 aliphatic carbocycles. The van der Waals surface area contributed by atoms with Gasteiger partial charge in [0.25, 0.3) is 5.91 Å². The second-order valence-electron chi connectivity index (χ2n) is 6.65. The van der Waals surface area contributed by atoms with Crippen molar-refractivity contribution in [2.24, 2.45) is 0 Å². The summed E-state index contributed by atoms with van der Waals surface area (Å²) in [6.45, 7) is 6.00. The molecule has 0 unspecified atom stereocenters. The van der Waals surface area contributed by atoms with Crippen LogP contribution in [0.15, 0.2) is 34.7 Å². The van der Waals surface area contributed by atoms with Crippen molar-refractivity contribution in [3.05, 3.63) is 53.4 Å². The van der Waals surface area contributed by atoms with Gasteiger partial charge in [0.15, 0.2) is 5.69 Å². The Kier molecular flexibility index (Phi) is 4.81. The number of benzene rings is 1. The molecule has 1 amide bonds. The molecule has 2 aromatic heterocycles. The van der Waals surface area contributed by atoms with E-state index in [0.29, 0.717) is 61.6 Å². The minimum absolute atomic E-state index is 0.169. The molecule has 8 nitrogen and oxygen atoms in total. The minimum atomic E-state index is -0.382. The van der Waals surface area contributed by atoms with Gasteiger partial charge in [0.05, 0.1) is 0 Å². The van der Waals surface area contributed by atoms with Gasteiger partial charge in [-0.05, 0) is 25.1 Å². The van der Waals surface area contributed by atoms with Gasteiger partial charge in [-0.15, -0.1) is 5.10 Å². The maximum atomic E-state index is 14.1. The number of carbonyl (C=O) groups excluding carboxylic acids is 1. The molecule has 0 atom stereocenters. The lowest BCUT2D eigenvalue weighted by molar-refractivity contribution is 0.0738. The van der Waals surface area contributed by atoms with Gasteiger partial charge in [0.1, 0.15) is 11.5 Å². The number of aromatic nitrogens is 4. The van der Waals surface area contributed by atoms with Gasteiger partial charge in [-0.1, -0.05) is 24.2 Å². The fourth-order valence-corrected chi connectivity index (χ4v) is 3.22. The van der Waals surface area contributed by atoms with Gasteiger partial charge in [-0.25, -0.2) is 9.07 Å². The lowest BCUT2D eigenvalue weighted by Gasteiger charge is -2.33. The van der Waals surface area contributed by atoms with E-state index in [9.17, 15) is 9.18 Å². The van der Waals surface area contributed by atoms with Crippen LogP contribution >= 0.6 is 0 Å². The predicted octanol–water partition coefficient (Wildman–Crippen LogP) is 2.23. The first-order chi connectivity index (χ1) is 13.6. The molecule has 1 fully saturated rings. The average Bonchev–Trinajstić information content (AvgIpc) is 3.35. The van der Waals surface area contributed by atoms with Crippen LogP contribution in [0, 0.1) is 12.7 Å². The first-order valence-corrected chi connectivity index (χ1v) is 9.25.